The summed E-state index contributed by atoms with van der Waals surface area (Å²) in [5.74, 6) is 1.43. The highest BCUT2D eigenvalue weighted by atomic mass is 16.3. The van der Waals surface area contributed by atoms with Crippen molar-refractivity contribution in [3.05, 3.63) is 187 Å². The summed E-state index contributed by atoms with van der Waals surface area (Å²) in [7, 11) is 0. The van der Waals surface area contributed by atoms with Crippen LogP contribution in [0.15, 0.2) is 184 Å². The van der Waals surface area contributed by atoms with Crippen LogP contribution in [0, 0.1) is 0 Å². The lowest BCUT2D eigenvalue weighted by Gasteiger charge is -2.26. The maximum atomic E-state index is 6.32. The van der Waals surface area contributed by atoms with Crippen LogP contribution in [-0.2, 0) is 0 Å². The maximum absolute atomic E-state index is 6.32. The molecule has 5 nitrogen and oxygen atoms in total. The Morgan fingerprint density at radius 3 is 2.09 bits per heavy atom. The molecule has 54 heavy (non-hydrogen) atoms. The van der Waals surface area contributed by atoms with Gasteiger partial charge in [0.15, 0.2) is 5.84 Å². The summed E-state index contributed by atoms with van der Waals surface area (Å²) in [5.41, 5.74) is 13.1. The molecule has 5 heteroatoms. The second kappa shape index (κ2) is 11.1. The van der Waals surface area contributed by atoms with Gasteiger partial charge in [-0.2, -0.15) is 0 Å². The van der Waals surface area contributed by atoms with E-state index in [1.165, 1.54) is 54.8 Å². The molecule has 252 valence electrons. The predicted octanol–water partition coefficient (Wildman–Crippen LogP) is 12.0. The van der Waals surface area contributed by atoms with Gasteiger partial charge in [-0.25, -0.2) is 9.98 Å². The van der Waals surface area contributed by atoms with E-state index in [1.54, 1.807) is 0 Å². The molecule has 0 radical (unpaired) electrons. The molecule has 0 amide bonds. The fraction of sp³-hybridized carbons (Fsp3) is 0.0204. The zero-order valence-electron chi connectivity index (χ0n) is 29.0. The van der Waals surface area contributed by atoms with E-state index in [1.807, 2.05) is 36.4 Å². The van der Waals surface area contributed by atoms with Gasteiger partial charge in [0, 0.05) is 38.2 Å². The van der Waals surface area contributed by atoms with E-state index in [4.69, 9.17) is 14.4 Å². The van der Waals surface area contributed by atoms with Gasteiger partial charge in [0.2, 0.25) is 0 Å². The van der Waals surface area contributed by atoms with E-state index in [-0.39, 0.29) is 0 Å². The van der Waals surface area contributed by atoms with Crippen LogP contribution in [0.4, 0.5) is 0 Å². The standard InChI is InChI=1S/C49H30N4O/c1-2-12-30(13-3-1)47-50-48(31-24-26-35-34-17-7-9-23-42(34)54-43(35)28-31)52-49(51-47)38-18-6-8-21-39(38)53-40-22-11-20-37-33-16-5-4-15-32(33)36-19-10-14-29-25-27-41(53)46(44(29)36)45(37)40/h1-28,49H,(H,50,51,52). The minimum Gasteiger partial charge on any atom is -0.456 e. The number of para-hydroxylation sites is 2. The summed E-state index contributed by atoms with van der Waals surface area (Å²) in [6.45, 7) is 0. The van der Waals surface area contributed by atoms with Crippen molar-refractivity contribution in [1.82, 2.24) is 9.88 Å². The van der Waals surface area contributed by atoms with Crippen molar-refractivity contribution in [2.45, 2.75) is 6.17 Å². The lowest BCUT2D eigenvalue weighted by molar-refractivity contribution is 0.665. The Morgan fingerprint density at radius 2 is 1.20 bits per heavy atom. The number of aromatic nitrogens is 1. The van der Waals surface area contributed by atoms with Gasteiger partial charge in [0.25, 0.3) is 0 Å². The number of benzene rings is 8. The lowest BCUT2D eigenvalue weighted by Crippen LogP contribution is -2.34. The highest BCUT2D eigenvalue weighted by molar-refractivity contribution is 6.30. The van der Waals surface area contributed by atoms with Gasteiger partial charge in [-0.3, -0.25) is 0 Å². The first kappa shape index (κ1) is 29.3. The Morgan fingerprint density at radius 1 is 0.500 bits per heavy atom. The number of amidine groups is 2. The van der Waals surface area contributed by atoms with Crippen LogP contribution in [0.1, 0.15) is 22.9 Å². The summed E-state index contributed by atoms with van der Waals surface area (Å²) >= 11 is 0. The van der Waals surface area contributed by atoms with E-state index in [2.05, 4.69) is 143 Å². The number of rotatable bonds is 4. The van der Waals surface area contributed by atoms with Crippen LogP contribution >= 0.6 is 0 Å². The van der Waals surface area contributed by atoms with Gasteiger partial charge in [-0.15, -0.1) is 0 Å². The number of nitrogens with zero attached hydrogens (tertiary/aromatic N) is 3. The monoisotopic (exact) mass is 690 g/mol. The molecule has 1 N–H and O–H groups in total. The van der Waals surface area contributed by atoms with Crippen molar-refractivity contribution in [2.24, 2.45) is 9.98 Å². The van der Waals surface area contributed by atoms with Gasteiger partial charge < -0.3 is 14.3 Å². The highest BCUT2D eigenvalue weighted by Gasteiger charge is 2.28. The van der Waals surface area contributed by atoms with Gasteiger partial charge in [-0.05, 0) is 69.4 Å². The van der Waals surface area contributed by atoms with Crippen LogP contribution in [0.2, 0.25) is 0 Å². The van der Waals surface area contributed by atoms with E-state index >= 15 is 0 Å². The number of furan rings is 1. The smallest absolute Gasteiger partial charge is 0.159 e. The Kier molecular flexibility index (Phi) is 6.05. The van der Waals surface area contributed by atoms with Crippen molar-refractivity contribution < 1.29 is 4.42 Å². The number of hydrogen-bond acceptors (Lipinski definition) is 4. The molecule has 10 aromatic rings. The van der Waals surface area contributed by atoms with Crippen molar-refractivity contribution in [3.8, 4) is 27.9 Å². The first-order valence-corrected chi connectivity index (χ1v) is 18.4. The van der Waals surface area contributed by atoms with Crippen molar-refractivity contribution in [3.63, 3.8) is 0 Å². The molecule has 0 saturated heterocycles. The molecule has 2 aromatic heterocycles. The fourth-order valence-corrected chi connectivity index (χ4v) is 8.86. The molecule has 1 aliphatic carbocycles. The fourth-order valence-electron chi connectivity index (χ4n) is 8.86. The highest BCUT2D eigenvalue weighted by Crippen LogP contribution is 2.50. The first-order valence-electron chi connectivity index (χ1n) is 18.4. The molecule has 1 aliphatic heterocycles. The topological polar surface area (TPSA) is 54.8 Å². The van der Waals surface area contributed by atoms with E-state index in [0.29, 0.717) is 5.84 Å². The van der Waals surface area contributed by atoms with Crippen LogP contribution in [-0.4, -0.2) is 16.2 Å². The van der Waals surface area contributed by atoms with Gasteiger partial charge in [0.1, 0.15) is 23.2 Å². The molecule has 3 heterocycles. The third-order valence-electron chi connectivity index (χ3n) is 11.2. The molecule has 8 aromatic carbocycles. The molecular formula is C49H30N4O. The summed E-state index contributed by atoms with van der Waals surface area (Å²) in [4.78, 5) is 10.5. The van der Waals surface area contributed by atoms with Crippen LogP contribution < -0.4 is 5.32 Å². The molecule has 2 aliphatic rings. The molecule has 1 atom stereocenters. The van der Waals surface area contributed by atoms with Crippen molar-refractivity contribution in [2.75, 3.05) is 0 Å². The van der Waals surface area contributed by atoms with E-state index in [0.717, 1.165) is 50.2 Å². The zero-order chi connectivity index (χ0) is 35.3. The van der Waals surface area contributed by atoms with Crippen LogP contribution in [0.3, 0.4) is 0 Å². The normalized spacial score (nSPS) is 14.9. The molecule has 12 rings (SSSR count). The molecular weight excluding hydrogens is 661 g/mol. The van der Waals surface area contributed by atoms with Gasteiger partial charge >= 0.3 is 0 Å². The third-order valence-corrected chi connectivity index (χ3v) is 11.2. The van der Waals surface area contributed by atoms with Crippen molar-refractivity contribution in [1.29, 1.82) is 0 Å². The average molecular weight is 691 g/mol. The SMILES string of the molecule is c1ccc(C2=NC(c3ccccc3-n3c4cccc5c4c4c6c(cccc6ccc43)-c3ccccc3-5)NC(c3ccc4c(c3)oc3ccccc34)=N2)cc1. The third kappa shape index (κ3) is 4.15. The van der Waals surface area contributed by atoms with Crippen molar-refractivity contribution >= 4 is 66.2 Å². The second-order valence-corrected chi connectivity index (χ2v) is 14.1. The summed E-state index contributed by atoms with van der Waals surface area (Å²) < 4.78 is 8.76. The predicted molar refractivity (Wildman–Crippen MR) is 222 cm³/mol. The van der Waals surface area contributed by atoms with Crippen LogP contribution in [0.25, 0.3) is 82.5 Å². The second-order valence-electron chi connectivity index (χ2n) is 14.1. The Bertz CT molecular complexity index is 3260. The Labute approximate surface area is 310 Å². The molecule has 1 unspecified atom stereocenters. The lowest BCUT2D eigenvalue weighted by atomic mass is 9.93. The maximum Gasteiger partial charge on any atom is 0.159 e. The first-order chi connectivity index (χ1) is 26.8. The number of fused-ring (bicyclic) bond motifs is 6. The number of hydrogen-bond donors (Lipinski definition) is 1. The number of aliphatic imine (C=N–C) groups is 2. The Hall–Kier alpha value is -7.24. The molecule has 0 saturated carbocycles. The van der Waals surface area contributed by atoms with E-state index in [9.17, 15) is 0 Å². The summed E-state index contributed by atoms with van der Waals surface area (Å²) in [6.07, 6.45) is -0.421. The average Bonchev–Trinajstić information content (AvgIpc) is 3.75. The minimum atomic E-state index is -0.421. The van der Waals surface area contributed by atoms with Crippen LogP contribution in [0.5, 0.6) is 0 Å². The van der Waals surface area contributed by atoms with E-state index < -0.39 is 6.17 Å². The largest absolute Gasteiger partial charge is 0.456 e. The van der Waals surface area contributed by atoms with Gasteiger partial charge in [-0.1, -0.05) is 133 Å². The zero-order valence-corrected chi connectivity index (χ0v) is 29.0. The van der Waals surface area contributed by atoms with Gasteiger partial charge in [0.05, 0.1) is 16.7 Å². The summed E-state index contributed by atoms with van der Waals surface area (Å²) in [6, 6.07) is 60.3. The molecule has 0 fully saturated rings. The Balaban J connectivity index is 1.08. The summed E-state index contributed by atoms with van der Waals surface area (Å²) in [5, 5.41) is 11.1. The minimum absolute atomic E-state index is 0.421. The molecule has 0 bridgehead atoms. The molecule has 0 spiro atoms. The quantitative estimate of drug-likeness (QED) is 0.200. The number of nitrogens with one attached hydrogen (secondary N) is 1.